The Morgan fingerprint density at radius 3 is 2.24 bits per heavy atom. The molecule has 0 bridgehead atoms. The van der Waals surface area contributed by atoms with Gasteiger partial charge in [0.2, 0.25) is 0 Å². The Morgan fingerprint density at radius 1 is 0.946 bits per heavy atom. The van der Waals surface area contributed by atoms with Gasteiger partial charge in [-0.05, 0) is 72.9 Å². The van der Waals surface area contributed by atoms with Crippen LogP contribution in [-0.2, 0) is 19.7 Å². The summed E-state index contributed by atoms with van der Waals surface area (Å²) in [5, 5.41) is 2.27. The van der Waals surface area contributed by atoms with Crippen molar-refractivity contribution in [3.8, 4) is 5.69 Å². The van der Waals surface area contributed by atoms with Gasteiger partial charge in [0.05, 0.1) is 18.4 Å². The third-order valence-corrected chi connectivity index (χ3v) is 6.39. The average Bonchev–Trinajstić information content (AvgIpc) is 3.13. The van der Waals surface area contributed by atoms with Gasteiger partial charge in [0, 0.05) is 17.1 Å². The zero-order valence-corrected chi connectivity index (χ0v) is 21.7. The van der Waals surface area contributed by atoms with Gasteiger partial charge in [-0.3, -0.25) is 14.9 Å². The van der Waals surface area contributed by atoms with Crippen molar-refractivity contribution in [3.05, 3.63) is 88.2 Å². The molecule has 0 atom stereocenters. The quantitative estimate of drug-likeness (QED) is 0.315. The molecule has 1 aliphatic heterocycles. The normalized spacial score (nSPS) is 15.2. The van der Waals surface area contributed by atoms with Gasteiger partial charge in [0.15, 0.2) is 0 Å². The second-order valence-corrected chi connectivity index (χ2v) is 9.96. The molecule has 0 spiro atoms. The highest BCUT2D eigenvalue weighted by atomic mass is 16.5. The molecule has 3 aromatic rings. The number of urea groups is 1. The number of carbonyl (C=O) groups is 4. The van der Waals surface area contributed by atoms with Gasteiger partial charge in [-0.25, -0.2) is 14.5 Å². The number of amides is 4. The number of barbiturate groups is 1. The number of nitrogens with one attached hydrogen (secondary N) is 1. The minimum Gasteiger partial charge on any atom is -0.465 e. The van der Waals surface area contributed by atoms with E-state index in [0.29, 0.717) is 16.8 Å². The van der Waals surface area contributed by atoms with Crippen molar-refractivity contribution in [2.24, 2.45) is 0 Å². The van der Waals surface area contributed by atoms with E-state index in [9.17, 15) is 19.2 Å². The summed E-state index contributed by atoms with van der Waals surface area (Å²) in [5.74, 6) is -1.90. The third kappa shape index (κ3) is 4.82. The standard InChI is InChI=1S/C29H29N3O5/c1-17-14-20(18(2)31(17)23-9-7-8-19(15-23)27(35)37-6)16-24-25(33)30-28(36)32(26(24)34)22-12-10-21(11-13-22)29(3,4)5/h7-16H,1-6H3,(H,30,33,36). The first-order valence-electron chi connectivity index (χ1n) is 11.8. The number of hydrogen-bond acceptors (Lipinski definition) is 5. The average molecular weight is 500 g/mol. The van der Waals surface area contributed by atoms with Crippen molar-refractivity contribution in [1.82, 2.24) is 9.88 Å². The lowest BCUT2D eigenvalue weighted by molar-refractivity contribution is -0.122. The van der Waals surface area contributed by atoms with Crippen molar-refractivity contribution in [2.45, 2.75) is 40.0 Å². The number of ether oxygens (including phenoxy) is 1. The Morgan fingerprint density at radius 2 is 1.62 bits per heavy atom. The highest BCUT2D eigenvalue weighted by Gasteiger charge is 2.37. The second kappa shape index (κ2) is 9.54. The van der Waals surface area contributed by atoms with Crippen molar-refractivity contribution >= 4 is 35.6 Å². The van der Waals surface area contributed by atoms with E-state index in [4.69, 9.17) is 4.74 Å². The molecule has 8 nitrogen and oxygen atoms in total. The lowest BCUT2D eigenvalue weighted by atomic mass is 9.87. The summed E-state index contributed by atoms with van der Waals surface area (Å²) < 4.78 is 6.74. The maximum atomic E-state index is 13.4. The zero-order valence-electron chi connectivity index (χ0n) is 21.7. The van der Waals surface area contributed by atoms with Gasteiger partial charge < -0.3 is 9.30 Å². The molecule has 4 amide bonds. The molecule has 2 aromatic carbocycles. The van der Waals surface area contributed by atoms with Crippen LogP contribution in [0.1, 0.15) is 53.6 Å². The lowest BCUT2D eigenvalue weighted by Gasteiger charge is -2.27. The van der Waals surface area contributed by atoms with Gasteiger partial charge in [-0.1, -0.05) is 39.0 Å². The summed E-state index contributed by atoms with van der Waals surface area (Å²) in [5.41, 5.74) is 4.55. The van der Waals surface area contributed by atoms with E-state index in [1.165, 1.54) is 13.2 Å². The number of rotatable bonds is 4. The minimum absolute atomic E-state index is 0.0906. The van der Waals surface area contributed by atoms with Crippen LogP contribution >= 0.6 is 0 Å². The van der Waals surface area contributed by atoms with Gasteiger partial charge >= 0.3 is 12.0 Å². The molecule has 1 N–H and O–H groups in total. The lowest BCUT2D eigenvalue weighted by Crippen LogP contribution is -2.54. The van der Waals surface area contributed by atoms with E-state index in [2.05, 4.69) is 26.1 Å². The number of esters is 1. The Hall–Kier alpha value is -4.46. The summed E-state index contributed by atoms with van der Waals surface area (Å²) >= 11 is 0. The van der Waals surface area contributed by atoms with E-state index in [-0.39, 0.29) is 11.0 Å². The van der Waals surface area contributed by atoms with Gasteiger partial charge in [-0.2, -0.15) is 0 Å². The number of aryl methyl sites for hydroxylation is 1. The molecule has 1 aromatic heterocycles. The monoisotopic (exact) mass is 499 g/mol. The van der Waals surface area contributed by atoms with Gasteiger partial charge in [0.1, 0.15) is 5.57 Å². The van der Waals surface area contributed by atoms with Crippen molar-refractivity contribution < 1.29 is 23.9 Å². The number of aromatic nitrogens is 1. The molecule has 1 saturated heterocycles. The summed E-state index contributed by atoms with van der Waals surface area (Å²) in [4.78, 5) is 51.7. The molecule has 0 saturated carbocycles. The molecule has 2 heterocycles. The molecule has 4 rings (SSSR count). The predicted molar refractivity (Wildman–Crippen MR) is 141 cm³/mol. The van der Waals surface area contributed by atoms with Crippen LogP contribution in [-0.4, -0.2) is 35.5 Å². The van der Waals surface area contributed by atoms with Crippen molar-refractivity contribution in [1.29, 1.82) is 0 Å². The summed E-state index contributed by atoms with van der Waals surface area (Å²) in [6.45, 7) is 9.95. The molecule has 0 aliphatic carbocycles. The van der Waals surface area contributed by atoms with Crippen LogP contribution in [0.3, 0.4) is 0 Å². The smallest absolute Gasteiger partial charge is 0.337 e. The Balaban J connectivity index is 1.72. The predicted octanol–water partition coefficient (Wildman–Crippen LogP) is 4.84. The molecule has 1 fully saturated rings. The first kappa shape index (κ1) is 25.6. The summed E-state index contributed by atoms with van der Waals surface area (Å²) in [6.07, 6.45) is 1.49. The van der Waals surface area contributed by atoms with Crippen LogP contribution in [0.5, 0.6) is 0 Å². The molecule has 0 unspecified atom stereocenters. The van der Waals surface area contributed by atoms with E-state index >= 15 is 0 Å². The number of anilines is 1. The Kier molecular flexibility index (Phi) is 6.61. The summed E-state index contributed by atoms with van der Waals surface area (Å²) in [6, 6.07) is 15.2. The molecule has 1 aliphatic rings. The highest BCUT2D eigenvalue weighted by Crippen LogP contribution is 2.28. The van der Waals surface area contributed by atoms with Crippen LogP contribution in [0.4, 0.5) is 10.5 Å². The molecular formula is C29H29N3O5. The second-order valence-electron chi connectivity index (χ2n) is 9.96. The number of imide groups is 2. The minimum atomic E-state index is -0.791. The van der Waals surface area contributed by atoms with E-state index < -0.39 is 23.8 Å². The zero-order chi connectivity index (χ0) is 27.1. The molecule has 190 valence electrons. The van der Waals surface area contributed by atoms with E-state index in [1.807, 2.05) is 42.7 Å². The largest absolute Gasteiger partial charge is 0.465 e. The molecule has 37 heavy (non-hydrogen) atoms. The molecular weight excluding hydrogens is 470 g/mol. The van der Waals surface area contributed by atoms with Gasteiger partial charge in [0.25, 0.3) is 11.8 Å². The number of hydrogen-bond donors (Lipinski definition) is 1. The first-order valence-corrected chi connectivity index (χ1v) is 11.8. The van der Waals surface area contributed by atoms with E-state index in [0.717, 1.165) is 27.5 Å². The van der Waals surface area contributed by atoms with Crippen LogP contribution < -0.4 is 10.2 Å². The maximum absolute atomic E-state index is 13.4. The Bertz CT molecular complexity index is 1460. The van der Waals surface area contributed by atoms with E-state index in [1.54, 1.807) is 30.3 Å². The third-order valence-electron chi connectivity index (χ3n) is 6.39. The van der Waals surface area contributed by atoms with Crippen LogP contribution in [0.2, 0.25) is 0 Å². The fraction of sp³-hybridized carbons (Fsp3) is 0.241. The summed E-state index contributed by atoms with van der Waals surface area (Å²) in [7, 11) is 1.32. The highest BCUT2D eigenvalue weighted by molar-refractivity contribution is 6.39. The molecule has 8 heteroatoms. The van der Waals surface area contributed by atoms with Crippen molar-refractivity contribution in [3.63, 3.8) is 0 Å². The first-order chi connectivity index (χ1) is 17.4. The van der Waals surface area contributed by atoms with Crippen molar-refractivity contribution in [2.75, 3.05) is 12.0 Å². The number of benzene rings is 2. The fourth-order valence-corrected chi connectivity index (χ4v) is 4.38. The topological polar surface area (TPSA) is 97.7 Å². The van der Waals surface area contributed by atoms with Crippen LogP contribution in [0.15, 0.2) is 60.2 Å². The van der Waals surface area contributed by atoms with Crippen LogP contribution in [0, 0.1) is 13.8 Å². The number of carbonyl (C=O) groups excluding carboxylic acids is 4. The molecule has 0 radical (unpaired) electrons. The SMILES string of the molecule is COC(=O)c1cccc(-n2c(C)cc(C=C3C(=O)NC(=O)N(c4ccc(C(C)(C)C)cc4)C3=O)c2C)c1. The van der Waals surface area contributed by atoms with Crippen LogP contribution in [0.25, 0.3) is 11.8 Å². The fourth-order valence-electron chi connectivity index (χ4n) is 4.38. The maximum Gasteiger partial charge on any atom is 0.337 e. The van der Waals surface area contributed by atoms with Gasteiger partial charge in [-0.15, -0.1) is 0 Å². The number of nitrogens with zero attached hydrogens (tertiary/aromatic N) is 2. The Labute approximate surface area is 215 Å². The number of methoxy groups -OCH3 is 1.